The number of aromatic nitrogens is 5. The average Bonchev–Trinajstić information content (AvgIpc) is 3.47. The van der Waals surface area contributed by atoms with Crippen LogP contribution in [0.1, 0.15) is 28.8 Å². The summed E-state index contributed by atoms with van der Waals surface area (Å²) in [6, 6.07) is 9.93. The predicted molar refractivity (Wildman–Crippen MR) is 115 cm³/mol. The number of benzene rings is 1. The van der Waals surface area contributed by atoms with Crippen LogP contribution in [-0.4, -0.2) is 48.9 Å². The van der Waals surface area contributed by atoms with E-state index in [1.54, 1.807) is 12.4 Å². The Bertz CT molecular complexity index is 1160. The third-order valence-electron chi connectivity index (χ3n) is 5.89. The maximum atomic E-state index is 13.5. The van der Waals surface area contributed by atoms with Crippen LogP contribution in [0.15, 0.2) is 55.1 Å². The Hall–Kier alpha value is -3.48. The highest BCUT2D eigenvalue weighted by molar-refractivity contribution is 6.07. The number of H-pyrrole nitrogens is 1. The molecule has 4 heterocycles. The van der Waals surface area contributed by atoms with E-state index in [0.717, 1.165) is 60.2 Å². The molecule has 1 aromatic carbocycles. The first kappa shape index (κ1) is 18.5. The third-order valence-corrected chi connectivity index (χ3v) is 5.89. The number of likely N-dealkylation sites (tertiary alicyclic amines) is 1. The Morgan fingerprint density at radius 1 is 1.23 bits per heavy atom. The van der Waals surface area contributed by atoms with E-state index in [-0.39, 0.29) is 5.91 Å². The molecule has 7 nitrogen and oxygen atoms in total. The van der Waals surface area contributed by atoms with Crippen molar-refractivity contribution in [3.05, 3.63) is 66.2 Å². The van der Waals surface area contributed by atoms with Crippen molar-refractivity contribution >= 4 is 16.8 Å². The van der Waals surface area contributed by atoms with Gasteiger partial charge in [-0.1, -0.05) is 11.6 Å². The van der Waals surface area contributed by atoms with Crippen molar-refractivity contribution in [2.75, 3.05) is 13.1 Å². The number of piperidine rings is 1. The molecule has 3 aromatic heterocycles. The Labute approximate surface area is 174 Å². The molecule has 0 atom stereocenters. The molecule has 0 unspecified atom stereocenters. The van der Waals surface area contributed by atoms with Gasteiger partial charge in [0, 0.05) is 49.2 Å². The van der Waals surface area contributed by atoms with E-state index in [1.165, 1.54) is 0 Å². The Morgan fingerprint density at radius 3 is 2.83 bits per heavy atom. The maximum absolute atomic E-state index is 13.5. The molecule has 7 heteroatoms. The van der Waals surface area contributed by atoms with Gasteiger partial charge >= 0.3 is 0 Å². The van der Waals surface area contributed by atoms with Gasteiger partial charge in [0.05, 0.1) is 23.0 Å². The number of hydrogen-bond donors (Lipinski definition) is 1. The van der Waals surface area contributed by atoms with Gasteiger partial charge in [-0.05, 0) is 49.9 Å². The molecule has 5 rings (SSSR count). The first-order valence-electron chi connectivity index (χ1n) is 10.3. The van der Waals surface area contributed by atoms with Crippen LogP contribution in [-0.2, 0) is 6.54 Å². The van der Waals surface area contributed by atoms with Crippen molar-refractivity contribution in [1.29, 1.82) is 0 Å². The van der Waals surface area contributed by atoms with Crippen LogP contribution in [0.25, 0.3) is 22.2 Å². The second-order valence-electron chi connectivity index (χ2n) is 8.03. The van der Waals surface area contributed by atoms with Crippen molar-refractivity contribution in [2.24, 2.45) is 5.92 Å². The van der Waals surface area contributed by atoms with E-state index in [4.69, 9.17) is 4.98 Å². The average molecular weight is 400 g/mol. The molecule has 152 valence electrons. The summed E-state index contributed by atoms with van der Waals surface area (Å²) in [6.07, 6.45) is 9.33. The van der Waals surface area contributed by atoms with Crippen LogP contribution in [0.2, 0.25) is 0 Å². The van der Waals surface area contributed by atoms with Gasteiger partial charge in [0.15, 0.2) is 0 Å². The van der Waals surface area contributed by atoms with Crippen LogP contribution in [0.5, 0.6) is 0 Å². The standard InChI is InChI=1S/C23H24N6O/c1-16-3-4-21-19(11-16)20(12-22(27-21)18-13-24-25-14-18)23(30)28-9-5-17(6-10-28)15-29-8-2-7-26-29/h2-4,7-8,11-14,17H,5-6,9-10,15H2,1H3,(H,24,25). The molecule has 0 spiro atoms. The van der Waals surface area contributed by atoms with Crippen LogP contribution in [0.3, 0.4) is 0 Å². The lowest BCUT2D eigenvalue weighted by Crippen LogP contribution is -2.39. The van der Waals surface area contributed by atoms with Gasteiger partial charge in [-0.25, -0.2) is 4.98 Å². The van der Waals surface area contributed by atoms with Crippen LogP contribution < -0.4 is 0 Å². The van der Waals surface area contributed by atoms with E-state index in [1.807, 2.05) is 53.2 Å². The molecular formula is C23H24N6O. The molecule has 0 bridgehead atoms. The number of aromatic amines is 1. The number of amides is 1. The molecule has 1 amide bonds. The monoisotopic (exact) mass is 400 g/mol. The number of fused-ring (bicyclic) bond motifs is 1. The number of carbonyl (C=O) groups excluding carboxylic acids is 1. The zero-order chi connectivity index (χ0) is 20.5. The molecule has 1 N–H and O–H groups in total. The predicted octanol–water partition coefficient (Wildman–Crippen LogP) is 3.68. The summed E-state index contributed by atoms with van der Waals surface area (Å²) >= 11 is 0. The minimum Gasteiger partial charge on any atom is -0.339 e. The molecule has 1 aliphatic heterocycles. The van der Waals surface area contributed by atoms with Crippen molar-refractivity contribution < 1.29 is 4.79 Å². The molecule has 0 aliphatic carbocycles. The van der Waals surface area contributed by atoms with Crippen molar-refractivity contribution in [3.63, 3.8) is 0 Å². The SMILES string of the molecule is Cc1ccc2nc(-c3cn[nH]c3)cc(C(=O)N3CCC(Cn4cccn4)CC3)c2c1. The van der Waals surface area contributed by atoms with Gasteiger partial charge in [-0.3, -0.25) is 14.6 Å². The van der Waals surface area contributed by atoms with Gasteiger partial charge < -0.3 is 4.90 Å². The highest BCUT2D eigenvalue weighted by Gasteiger charge is 2.26. The first-order valence-corrected chi connectivity index (χ1v) is 10.3. The smallest absolute Gasteiger partial charge is 0.254 e. The molecule has 1 saturated heterocycles. The summed E-state index contributed by atoms with van der Waals surface area (Å²) in [6.45, 7) is 4.48. The fraction of sp³-hybridized carbons (Fsp3) is 0.304. The largest absolute Gasteiger partial charge is 0.339 e. The van der Waals surface area contributed by atoms with Crippen LogP contribution in [0.4, 0.5) is 0 Å². The molecular weight excluding hydrogens is 376 g/mol. The highest BCUT2D eigenvalue weighted by Crippen LogP contribution is 2.28. The van der Waals surface area contributed by atoms with Gasteiger partial charge in [-0.15, -0.1) is 0 Å². The van der Waals surface area contributed by atoms with Gasteiger partial charge in [0.2, 0.25) is 0 Å². The van der Waals surface area contributed by atoms with Crippen LogP contribution >= 0.6 is 0 Å². The van der Waals surface area contributed by atoms with Crippen LogP contribution in [0, 0.1) is 12.8 Å². The van der Waals surface area contributed by atoms with E-state index >= 15 is 0 Å². The minimum atomic E-state index is 0.0790. The third kappa shape index (κ3) is 3.58. The number of aryl methyl sites for hydroxylation is 1. The van der Waals surface area contributed by atoms with E-state index < -0.39 is 0 Å². The van der Waals surface area contributed by atoms with E-state index in [9.17, 15) is 4.79 Å². The summed E-state index contributed by atoms with van der Waals surface area (Å²) in [5.74, 6) is 0.627. The lowest BCUT2D eigenvalue weighted by atomic mass is 9.95. The molecule has 1 fully saturated rings. The number of hydrogen-bond acceptors (Lipinski definition) is 4. The number of nitrogens with zero attached hydrogens (tertiary/aromatic N) is 5. The molecule has 1 aliphatic rings. The summed E-state index contributed by atoms with van der Waals surface area (Å²) in [5.41, 5.74) is 4.30. The summed E-state index contributed by atoms with van der Waals surface area (Å²) in [5, 5.41) is 12.1. The zero-order valence-corrected chi connectivity index (χ0v) is 17.0. The fourth-order valence-electron chi connectivity index (χ4n) is 4.22. The Balaban J connectivity index is 1.42. The Morgan fingerprint density at radius 2 is 2.10 bits per heavy atom. The maximum Gasteiger partial charge on any atom is 0.254 e. The van der Waals surface area contributed by atoms with Gasteiger partial charge in [0.25, 0.3) is 5.91 Å². The zero-order valence-electron chi connectivity index (χ0n) is 17.0. The topological polar surface area (TPSA) is 79.7 Å². The van der Waals surface area contributed by atoms with Crippen molar-refractivity contribution in [2.45, 2.75) is 26.3 Å². The highest BCUT2D eigenvalue weighted by atomic mass is 16.2. The lowest BCUT2D eigenvalue weighted by molar-refractivity contribution is 0.0683. The van der Waals surface area contributed by atoms with Gasteiger partial charge in [-0.2, -0.15) is 10.2 Å². The number of carbonyl (C=O) groups is 1. The second kappa shape index (κ2) is 7.74. The molecule has 0 radical (unpaired) electrons. The van der Waals surface area contributed by atoms with Crippen molar-refractivity contribution in [1.82, 2.24) is 29.9 Å². The number of rotatable bonds is 4. The molecule has 30 heavy (non-hydrogen) atoms. The Kier molecular flexibility index (Phi) is 4.78. The minimum absolute atomic E-state index is 0.0790. The number of pyridine rings is 1. The van der Waals surface area contributed by atoms with E-state index in [0.29, 0.717) is 11.5 Å². The van der Waals surface area contributed by atoms with Gasteiger partial charge in [0.1, 0.15) is 0 Å². The normalized spacial score (nSPS) is 15.0. The summed E-state index contributed by atoms with van der Waals surface area (Å²) in [4.78, 5) is 20.3. The van der Waals surface area contributed by atoms with Crippen molar-refractivity contribution in [3.8, 4) is 11.3 Å². The number of nitrogens with one attached hydrogen (secondary N) is 1. The van der Waals surface area contributed by atoms with E-state index in [2.05, 4.69) is 21.4 Å². The summed E-state index contributed by atoms with van der Waals surface area (Å²) in [7, 11) is 0. The fourth-order valence-corrected chi connectivity index (χ4v) is 4.22. The summed E-state index contributed by atoms with van der Waals surface area (Å²) < 4.78 is 1.98. The quantitative estimate of drug-likeness (QED) is 0.567. The molecule has 0 saturated carbocycles. The lowest BCUT2D eigenvalue weighted by Gasteiger charge is -2.32. The first-order chi connectivity index (χ1) is 14.7. The molecule has 4 aromatic rings. The second-order valence-corrected chi connectivity index (χ2v) is 8.03.